The molecule has 0 spiro atoms. The number of hydrogen-bond acceptors (Lipinski definition) is 3. The first-order valence-electron chi connectivity index (χ1n) is 11.5. The van der Waals surface area contributed by atoms with Crippen LogP contribution in [0.3, 0.4) is 0 Å². The molecular weight excluding hydrogens is 412 g/mol. The predicted molar refractivity (Wildman–Crippen MR) is 132 cm³/mol. The second-order valence-electron chi connectivity index (χ2n) is 8.53. The lowest BCUT2D eigenvalue weighted by Crippen LogP contribution is -2.38. The highest BCUT2D eigenvalue weighted by Gasteiger charge is 2.33. The average Bonchev–Trinajstić information content (AvgIpc) is 2.95. The third kappa shape index (κ3) is 5.25. The average molecular weight is 443 g/mol. The maximum atomic E-state index is 13.3. The Hall–Kier alpha value is -3.60. The van der Waals surface area contributed by atoms with Crippen molar-refractivity contribution in [1.82, 2.24) is 0 Å². The first kappa shape index (κ1) is 22.6. The van der Waals surface area contributed by atoms with E-state index in [0.29, 0.717) is 25.3 Å². The molecule has 33 heavy (non-hydrogen) atoms. The lowest BCUT2D eigenvalue weighted by molar-refractivity contribution is -0.121. The Morgan fingerprint density at radius 2 is 1.58 bits per heavy atom. The Morgan fingerprint density at radius 3 is 2.30 bits per heavy atom. The van der Waals surface area contributed by atoms with Gasteiger partial charge >= 0.3 is 0 Å². The Kier molecular flexibility index (Phi) is 7.08. The normalized spacial score (nSPS) is 15.7. The zero-order chi connectivity index (χ0) is 23.2. The fourth-order valence-electron chi connectivity index (χ4n) is 4.11. The number of para-hydroxylation sites is 2. The van der Waals surface area contributed by atoms with Crippen LogP contribution in [0.1, 0.15) is 35.7 Å². The zero-order valence-electron chi connectivity index (χ0n) is 19.2. The number of carbonyl (C=O) groups excluding carboxylic acids is 2. The van der Waals surface area contributed by atoms with Gasteiger partial charge in [0, 0.05) is 18.7 Å². The molecule has 3 aromatic carbocycles. The summed E-state index contributed by atoms with van der Waals surface area (Å²) in [5, 5.41) is 0. The Labute approximate surface area is 195 Å². The summed E-state index contributed by atoms with van der Waals surface area (Å²) in [7, 11) is 0. The van der Waals surface area contributed by atoms with Crippen LogP contribution >= 0.6 is 0 Å². The van der Waals surface area contributed by atoms with Crippen LogP contribution in [-0.4, -0.2) is 31.5 Å². The molecule has 0 bridgehead atoms. The van der Waals surface area contributed by atoms with Gasteiger partial charge in [-0.05, 0) is 56.2 Å². The van der Waals surface area contributed by atoms with Crippen LogP contribution < -0.4 is 14.5 Å². The number of aryl methyl sites for hydroxylation is 1. The van der Waals surface area contributed by atoms with Crippen molar-refractivity contribution in [3.63, 3.8) is 0 Å². The summed E-state index contributed by atoms with van der Waals surface area (Å²) < 4.78 is 5.83. The van der Waals surface area contributed by atoms with Gasteiger partial charge in [-0.1, -0.05) is 55.0 Å². The van der Waals surface area contributed by atoms with Crippen molar-refractivity contribution in [2.45, 2.75) is 26.7 Å². The molecule has 0 N–H and O–H groups in total. The zero-order valence-corrected chi connectivity index (χ0v) is 19.2. The van der Waals surface area contributed by atoms with Crippen LogP contribution in [0.25, 0.3) is 0 Å². The van der Waals surface area contributed by atoms with Gasteiger partial charge in [0.1, 0.15) is 5.75 Å². The van der Waals surface area contributed by atoms with Crippen molar-refractivity contribution in [1.29, 1.82) is 0 Å². The van der Waals surface area contributed by atoms with Crippen LogP contribution in [0.2, 0.25) is 0 Å². The third-order valence-corrected chi connectivity index (χ3v) is 5.94. The van der Waals surface area contributed by atoms with Crippen molar-refractivity contribution >= 4 is 23.2 Å². The largest absolute Gasteiger partial charge is 0.494 e. The topological polar surface area (TPSA) is 49.9 Å². The van der Waals surface area contributed by atoms with Gasteiger partial charge in [0.05, 0.1) is 23.9 Å². The van der Waals surface area contributed by atoms with Gasteiger partial charge in [0.2, 0.25) is 5.91 Å². The number of ether oxygens (including phenoxy) is 1. The van der Waals surface area contributed by atoms with Crippen LogP contribution in [0.15, 0.2) is 78.9 Å². The molecule has 0 saturated heterocycles. The highest BCUT2D eigenvalue weighted by molar-refractivity contribution is 6.11. The van der Waals surface area contributed by atoms with E-state index in [1.807, 2.05) is 90.7 Å². The van der Waals surface area contributed by atoms with Crippen LogP contribution in [0.4, 0.5) is 11.4 Å². The Bertz CT molecular complexity index is 1100. The molecule has 0 aliphatic carbocycles. The number of amides is 2. The van der Waals surface area contributed by atoms with E-state index in [1.165, 1.54) is 5.56 Å². The van der Waals surface area contributed by atoms with E-state index in [2.05, 4.69) is 6.92 Å². The summed E-state index contributed by atoms with van der Waals surface area (Å²) in [6.45, 7) is 5.49. The molecule has 170 valence electrons. The van der Waals surface area contributed by atoms with E-state index in [0.717, 1.165) is 30.0 Å². The van der Waals surface area contributed by atoms with Crippen LogP contribution in [0, 0.1) is 12.8 Å². The van der Waals surface area contributed by atoms with Gasteiger partial charge < -0.3 is 14.5 Å². The maximum absolute atomic E-state index is 13.3. The molecule has 1 atom stereocenters. The standard InChI is InChI=1S/C28H30N2O3/c1-21-14-16-24(17-15-21)33-19-9-8-18-29-25-12-6-7-13-26(25)30(20-22(2)27(29)31)28(32)23-10-4-3-5-11-23/h3-7,10-17,22H,8-9,18-20H2,1-2H3. The molecule has 1 aliphatic heterocycles. The minimum absolute atomic E-state index is 0.0465. The van der Waals surface area contributed by atoms with E-state index in [-0.39, 0.29) is 17.7 Å². The number of nitrogens with zero attached hydrogens (tertiary/aromatic N) is 2. The van der Waals surface area contributed by atoms with E-state index in [4.69, 9.17) is 4.74 Å². The number of hydrogen-bond donors (Lipinski definition) is 0. The van der Waals surface area contributed by atoms with Gasteiger partial charge in [-0.2, -0.15) is 0 Å². The molecule has 1 unspecified atom stereocenters. The number of rotatable bonds is 7. The van der Waals surface area contributed by atoms with E-state index >= 15 is 0 Å². The summed E-state index contributed by atoms with van der Waals surface area (Å²) >= 11 is 0. The van der Waals surface area contributed by atoms with Crippen molar-refractivity contribution < 1.29 is 14.3 Å². The van der Waals surface area contributed by atoms with Gasteiger partial charge in [-0.3, -0.25) is 9.59 Å². The molecule has 1 heterocycles. The Balaban J connectivity index is 1.47. The fraction of sp³-hybridized carbons (Fsp3) is 0.286. The minimum Gasteiger partial charge on any atom is -0.494 e. The number of unbranched alkanes of at least 4 members (excludes halogenated alkanes) is 1. The fourth-order valence-corrected chi connectivity index (χ4v) is 4.11. The molecule has 0 aromatic heterocycles. The first-order valence-corrected chi connectivity index (χ1v) is 11.5. The van der Waals surface area contributed by atoms with Crippen molar-refractivity contribution in [2.24, 2.45) is 5.92 Å². The van der Waals surface area contributed by atoms with Gasteiger partial charge in [0.25, 0.3) is 5.91 Å². The number of fused-ring (bicyclic) bond motifs is 1. The summed E-state index contributed by atoms with van der Waals surface area (Å²) in [6, 6.07) is 24.9. The van der Waals surface area contributed by atoms with Crippen molar-refractivity contribution in [3.8, 4) is 5.75 Å². The number of benzene rings is 3. The summed E-state index contributed by atoms with van der Waals surface area (Å²) in [6.07, 6.45) is 1.64. The van der Waals surface area contributed by atoms with Crippen LogP contribution in [-0.2, 0) is 4.79 Å². The molecule has 2 amide bonds. The molecule has 5 nitrogen and oxygen atoms in total. The van der Waals surface area contributed by atoms with E-state index in [1.54, 1.807) is 4.90 Å². The van der Waals surface area contributed by atoms with Crippen LogP contribution in [0.5, 0.6) is 5.75 Å². The molecule has 0 fully saturated rings. The monoisotopic (exact) mass is 442 g/mol. The number of anilines is 2. The predicted octanol–water partition coefficient (Wildman–Crippen LogP) is 5.48. The minimum atomic E-state index is -0.297. The first-order chi connectivity index (χ1) is 16.0. The van der Waals surface area contributed by atoms with Gasteiger partial charge in [-0.15, -0.1) is 0 Å². The summed E-state index contributed by atoms with van der Waals surface area (Å²) in [5.74, 6) is 0.524. The van der Waals surface area contributed by atoms with Crippen molar-refractivity contribution in [2.75, 3.05) is 29.5 Å². The highest BCUT2D eigenvalue weighted by atomic mass is 16.5. The Morgan fingerprint density at radius 1 is 0.909 bits per heavy atom. The molecule has 1 aliphatic rings. The second kappa shape index (κ2) is 10.3. The molecule has 5 heteroatoms. The number of carbonyl (C=O) groups is 2. The van der Waals surface area contributed by atoms with Crippen molar-refractivity contribution in [3.05, 3.63) is 90.0 Å². The SMILES string of the molecule is Cc1ccc(OCCCCN2C(=O)C(C)CN(C(=O)c3ccccc3)c3ccccc32)cc1. The summed E-state index contributed by atoms with van der Waals surface area (Å²) in [4.78, 5) is 30.2. The molecular formula is C28H30N2O3. The summed E-state index contributed by atoms with van der Waals surface area (Å²) in [5.41, 5.74) is 3.39. The smallest absolute Gasteiger partial charge is 0.258 e. The van der Waals surface area contributed by atoms with Gasteiger partial charge in [-0.25, -0.2) is 0 Å². The second-order valence-corrected chi connectivity index (χ2v) is 8.53. The lowest BCUT2D eigenvalue weighted by Gasteiger charge is -2.25. The maximum Gasteiger partial charge on any atom is 0.258 e. The van der Waals surface area contributed by atoms with E-state index < -0.39 is 0 Å². The lowest BCUT2D eigenvalue weighted by atomic mass is 10.1. The highest BCUT2D eigenvalue weighted by Crippen LogP contribution is 2.35. The van der Waals surface area contributed by atoms with Gasteiger partial charge in [0.15, 0.2) is 0 Å². The third-order valence-electron chi connectivity index (χ3n) is 5.94. The van der Waals surface area contributed by atoms with E-state index in [9.17, 15) is 9.59 Å². The quantitative estimate of drug-likeness (QED) is 0.455. The molecule has 3 aromatic rings. The molecule has 0 saturated carbocycles. The molecule has 4 rings (SSSR count). The molecule has 0 radical (unpaired) electrons.